The zero-order chi connectivity index (χ0) is 11.0. The fourth-order valence-corrected chi connectivity index (χ4v) is 1.45. The van der Waals surface area contributed by atoms with E-state index in [1.54, 1.807) is 19.1 Å². The van der Waals surface area contributed by atoms with E-state index in [-0.39, 0.29) is 5.78 Å². The van der Waals surface area contributed by atoms with E-state index in [1.165, 1.54) is 4.52 Å². The van der Waals surface area contributed by atoms with Gasteiger partial charge in [0, 0.05) is 0 Å². The number of hydrogen-bond acceptors (Lipinski definition) is 4. The van der Waals surface area contributed by atoms with Crippen molar-refractivity contribution in [3.63, 3.8) is 0 Å². The maximum atomic E-state index is 11.8. The molecule has 0 bridgehead atoms. The molecule has 2 aromatic heterocycles. The zero-order valence-electron chi connectivity index (χ0n) is 8.64. The van der Waals surface area contributed by atoms with Crippen LogP contribution in [-0.4, -0.2) is 26.7 Å². The van der Waals surface area contributed by atoms with Crippen LogP contribution in [-0.2, 0) is 0 Å². The highest BCUT2D eigenvalue weighted by Gasteiger charge is 2.15. The molecule has 0 radical (unpaired) electrons. The van der Waals surface area contributed by atoms with Gasteiger partial charge >= 0.3 is 0 Å². The van der Waals surface area contributed by atoms with Crippen LogP contribution < -0.4 is 5.73 Å². The standard InChI is InChI=1S/C10H12N4O/c1-6(11)10(15)9-5-3-4-8-7(2)12-13-14(8)9/h3-6H,11H2,1-2H3. The molecular formula is C10H12N4O. The fourth-order valence-electron chi connectivity index (χ4n) is 1.45. The summed E-state index contributed by atoms with van der Waals surface area (Å²) in [6.07, 6.45) is 0. The molecule has 2 N–H and O–H groups in total. The average Bonchev–Trinajstić information content (AvgIpc) is 2.59. The molecule has 0 saturated carbocycles. The Morgan fingerprint density at radius 2 is 2.27 bits per heavy atom. The van der Waals surface area contributed by atoms with Gasteiger partial charge in [0.2, 0.25) is 0 Å². The van der Waals surface area contributed by atoms with Gasteiger partial charge in [-0.15, -0.1) is 5.10 Å². The Labute approximate surface area is 86.9 Å². The van der Waals surface area contributed by atoms with Crippen LogP contribution in [0.5, 0.6) is 0 Å². The van der Waals surface area contributed by atoms with Gasteiger partial charge in [0.05, 0.1) is 17.3 Å². The zero-order valence-corrected chi connectivity index (χ0v) is 8.64. The highest BCUT2D eigenvalue weighted by molar-refractivity contribution is 5.98. The number of aryl methyl sites for hydroxylation is 1. The largest absolute Gasteiger partial charge is 0.321 e. The number of pyridine rings is 1. The molecule has 0 aliphatic heterocycles. The van der Waals surface area contributed by atoms with Crippen LogP contribution in [0.25, 0.3) is 5.52 Å². The SMILES string of the molecule is Cc1nnn2c(C(=O)C(C)N)cccc12. The molecule has 78 valence electrons. The molecule has 0 aromatic carbocycles. The fraction of sp³-hybridized carbons (Fsp3) is 0.300. The van der Waals surface area contributed by atoms with Crippen molar-refractivity contribution >= 4 is 11.3 Å². The second kappa shape index (κ2) is 3.43. The third kappa shape index (κ3) is 1.50. The molecule has 1 atom stereocenters. The lowest BCUT2D eigenvalue weighted by molar-refractivity contribution is 0.0960. The van der Waals surface area contributed by atoms with E-state index in [9.17, 15) is 4.79 Å². The number of carbonyl (C=O) groups is 1. The van der Waals surface area contributed by atoms with Gasteiger partial charge in [-0.25, -0.2) is 4.52 Å². The summed E-state index contributed by atoms with van der Waals surface area (Å²) in [6, 6.07) is 4.85. The maximum absolute atomic E-state index is 11.8. The predicted molar refractivity (Wildman–Crippen MR) is 55.7 cm³/mol. The van der Waals surface area contributed by atoms with Crippen LogP contribution in [0.1, 0.15) is 23.1 Å². The first-order valence-corrected chi connectivity index (χ1v) is 4.72. The monoisotopic (exact) mass is 204 g/mol. The summed E-state index contributed by atoms with van der Waals surface area (Å²) in [5.74, 6) is -0.134. The van der Waals surface area contributed by atoms with Crippen molar-refractivity contribution in [3.8, 4) is 0 Å². The van der Waals surface area contributed by atoms with Gasteiger partial charge < -0.3 is 5.73 Å². The van der Waals surface area contributed by atoms with Gasteiger partial charge in [-0.05, 0) is 26.0 Å². The molecule has 0 aliphatic rings. The van der Waals surface area contributed by atoms with Crippen molar-refractivity contribution in [2.75, 3.05) is 0 Å². The Hall–Kier alpha value is -1.75. The summed E-state index contributed by atoms with van der Waals surface area (Å²) < 4.78 is 1.53. The van der Waals surface area contributed by atoms with Crippen molar-refractivity contribution in [1.29, 1.82) is 0 Å². The lowest BCUT2D eigenvalue weighted by Crippen LogP contribution is -2.28. The van der Waals surface area contributed by atoms with Crippen molar-refractivity contribution in [2.24, 2.45) is 5.73 Å². The Kier molecular flexibility index (Phi) is 2.24. The summed E-state index contributed by atoms with van der Waals surface area (Å²) in [6.45, 7) is 3.51. The van der Waals surface area contributed by atoms with Gasteiger partial charge in [0.25, 0.3) is 0 Å². The highest BCUT2D eigenvalue weighted by atomic mass is 16.1. The third-order valence-corrected chi connectivity index (χ3v) is 2.29. The van der Waals surface area contributed by atoms with Gasteiger partial charge in [0.15, 0.2) is 5.78 Å². The molecule has 2 rings (SSSR count). The minimum absolute atomic E-state index is 0.134. The van der Waals surface area contributed by atoms with Crippen LogP contribution >= 0.6 is 0 Å². The Bertz CT molecular complexity index is 515. The molecular weight excluding hydrogens is 192 g/mol. The van der Waals surface area contributed by atoms with Crippen LogP contribution in [0.4, 0.5) is 0 Å². The lowest BCUT2D eigenvalue weighted by Gasteiger charge is -2.05. The maximum Gasteiger partial charge on any atom is 0.197 e. The van der Waals surface area contributed by atoms with Crippen LogP contribution in [0, 0.1) is 6.92 Å². The summed E-state index contributed by atoms with van der Waals surface area (Å²) in [7, 11) is 0. The number of hydrogen-bond donors (Lipinski definition) is 1. The minimum atomic E-state index is -0.528. The van der Waals surface area contributed by atoms with Crippen LogP contribution in [0.2, 0.25) is 0 Å². The van der Waals surface area contributed by atoms with Gasteiger partial charge in [-0.2, -0.15) is 0 Å². The molecule has 2 heterocycles. The second-order valence-corrected chi connectivity index (χ2v) is 3.54. The van der Waals surface area contributed by atoms with Crippen molar-refractivity contribution in [1.82, 2.24) is 14.8 Å². The predicted octanol–water partition coefficient (Wildman–Crippen LogP) is 0.568. The van der Waals surface area contributed by atoms with E-state index in [0.717, 1.165) is 11.2 Å². The molecule has 0 aliphatic carbocycles. The average molecular weight is 204 g/mol. The first-order valence-electron chi connectivity index (χ1n) is 4.72. The number of nitrogens with zero attached hydrogens (tertiary/aromatic N) is 3. The number of ketones is 1. The Morgan fingerprint density at radius 3 is 2.93 bits per heavy atom. The van der Waals surface area contributed by atoms with E-state index in [2.05, 4.69) is 10.3 Å². The third-order valence-electron chi connectivity index (χ3n) is 2.29. The molecule has 5 heteroatoms. The molecule has 0 spiro atoms. The first-order chi connectivity index (χ1) is 7.11. The molecule has 5 nitrogen and oxygen atoms in total. The Morgan fingerprint density at radius 1 is 1.53 bits per heavy atom. The summed E-state index contributed by atoms with van der Waals surface area (Å²) in [4.78, 5) is 11.8. The topological polar surface area (TPSA) is 73.3 Å². The highest BCUT2D eigenvalue weighted by Crippen LogP contribution is 2.10. The van der Waals surface area contributed by atoms with Gasteiger partial charge in [0.1, 0.15) is 5.69 Å². The smallest absolute Gasteiger partial charge is 0.197 e. The molecule has 15 heavy (non-hydrogen) atoms. The molecule has 1 unspecified atom stereocenters. The van der Waals surface area contributed by atoms with E-state index in [0.29, 0.717) is 5.69 Å². The van der Waals surface area contributed by atoms with E-state index in [4.69, 9.17) is 5.73 Å². The first kappa shape index (κ1) is 9.79. The minimum Gasteiger partial charge on any atom is -0.321 e. The summed E-state index contributed by atoms with van der Waals surface area (Å²) in [5, 5.41) is 7.83. The van der Waals surface area contributed by atoms with E-state index >= 15 is 0 Å². The van der Waals surface area contributed by atoms with Crippen molar-refractivity contribution in [3.05, 3.63) is 29.6 Å². The molecule has 0 fully saturated rings. The molecule has 0 saturated heterocycles. The molecule has 0 amide bonds. The number of nitrogens with two attached hydrogens (primary N) is 1. The van der Waals surface area contributed by atoms with Gasteiger partial charge in [-0.3, -0.25) is 4.79 Å². The quantitative estimate of drug-likeness (QED) is 0.726. The van der Waals surface area contributed by atoms with E-state index < -0.39 is 6.04 Å². The van der Waals surface area contributed by atoms with Crippen molar-refractivity contribution in [2.45, 2.75) is 19.9 Å². The van der Waals surface area contributed by atoms with Crippen molar-refractivity contribution < 1.29 is 4.79 Å². The van der Waals surface area contributed by atoms with Crippen LogP contribution in [0.15, 0.2) is 18.2 Å². The van der Waals surface area contributed by atoms with E-state index in [1.807, 2.05) is 13.0 Å². The van der Waals surface area contributed by atoms with Crippen LogP contribution in [0.3, 0.4) is 0 Å². The molecule has 2 aromatic rings. The number of carbonyl (C=O) groups excluding carboxylic acids is 1. The number of aromatic nitrogens is 3. The second-order valence-electron chi connectivity index (χ2n) is 3.54. The summed E-state index contributed by atoms with van der Waals surface area (Å²) in [5.41, 5.74) is 7.66. The Balaban J connectivity index is 2.66. The lowest BCUT2D eigenvalue weighted by atomic mass is 10.1. The summed E-state index contributed by atoms with van der Waals surface area (Å²) >= 11 is 0. The number of fused-ring (bicyclic) bond motifs is 1. The number of rotatable bonds is 2. The number of Topliss-reactive ketones (excluding diaryl/α,β-unsaturated/α-hetero) is 1. The normalized spacial score (nSPS) is 13.0. The van der Waals surface area contributed by atoms with Gasteiger partial charge in [-0.1, -0.05) is 11.3 Å².